The molecular formula is C13H16N6O2. The van der Waals surface area contributed by atoms with Crippen molar-refractivity contribution in [3.05, 3.63) is 39.8 Å². The van der Waals surface area contributed by atoms with Crippen molar-refractivity contribution in [1.29, 1.82) is 0 Å². The number of aromatic amines is 1. The first-order valence-corrected chi connectivity index (χ1v) is 6.97. The maximum Gasteiger partial charge on any atom is 0.288 e. The maximum atomic E-state index is 12.0. The fourth-order valence-electron chi connectivity index (χ4n) is 2.44. The zero-order valence-electron chi connectivity index (χ0n) is 11.5. The minimum atomic E-state index is -0.349. The van der Waals surface area contributed by atoms with E-state index >= 15 is 0 Å². The van der Waals surface area contributed by atoms with E-state index in [1.54, 1.807) is 6.07 Å². The van der Waals surface area contributed by atoms with Crippen LogP contribution in [0.15, 0.2) is 17.2 Å². The lowest BCUT2D eigenvalue weighted by molar-refractivity contribution is 0.0941. The highest BCUT2D eigenvalue weighted by atomic mass is 16.2. The van der Waals surface area contributed by atoms with E-state index in [0.717, 1.165) is 36.9 Å². The van der Waals surface area contributed by atoms with Crippen molar-refractivity contribution in [3.8, 4) is 0 Å². The third-order valence-corrected chi connectivity index (χ3v) is 3.51. The van der Waals surface area contributed by atoms with Gasteiger partial charge in [-0.05, 0) is 31.2 Å². The zero-order chi connectivity index (χ0) is 14.7. The second kappa shape index (κ2) is 5.86. The molecule has 1 aliphatic rings. The van der Waals surface area contributed by atoms with Crippen molar-refractivity contribution < 1.29 is 4.79 Å². The quantitative estimate of drug-likeness (QED) is 0.801. The van der Waals surface area contributed by atoms with E-state index in [0.29, 0.717) is 13.1 Å². The number of carbonyl (C=O) groups is 1. The van der Waals surface area contributed by atoms with Gasteiger partial charge in [-0.1, -0.05) is 0 Å². The van der Waals surface area contributed by atoms with E-state index in [1.165, 1.54) is 11.0 Å². The Labute approximate surface area is 120 Å². The Morgan fingerprint density at radius 3 is 3.05 bits per heavy atom. The fourth-order valence-corrected chi connectivity index (χ4v) is 2.44. The van der Waals surface area contributed by atoms with Gasteiger partial charge in [0.2, 0.25) is 5.82 Å². The molecule has 0 fully saturated rings. The molecule has 8 heteroatoms. The average Bonchev–Trinajstić information content (AvgIpc) is 3.02. The molecule has 21 heavy (non-hydrogen) atoms. The van der Waals surface area contributed by atoms with Crippen LogP contribution in [0.5, 0.6) is 0 Å². The number of nitrogens with one attached hydrogen (secondary N) is 2. The average molecular weight is 288 g/mol. The van der Waals surface area contributed by atoms with Crippen molar-refractivity contribution in [1.82, 2.24) is 30.3 Å². The highest BCUT2D eigenvalue weighted by molar-refractivity contribution is 5.90. The minimum Gasteiger partial charge on any atom is -0.347 e. The number of H-pyrrole nitrogens is 1. The van der Waals surface area contributed by atoms with Crippen LogP contribution in [0, 0.1) is 0 Å². The first-order valence-electron chi connectivity index (χ1n) is 6.97. The zero-order valence-corrected chi connectivity index (χ0v) is 11.5. The fraction of sp³-hybridized carbons (Fsp3) is 0.462. The summed E-state index contributed by atoms with van der Waals surface area (Å²) in [5, 5.41) is 13.1. The number of nitrogens with zero attached hydrogens (tertiary/aromatic N) is 4. The Hall–Kier alpha value is -2.51. The van der Waals surface area contributed by atoms with Gasteiger partial charge in [0.15, 0.2) is 0 Å². The summed E-state index contributed by atoms with van der Waals surface area (Å²) in [7, 11) is 0. The molecule has 110 valence electrons. The van der Waals surface area contributed by atoms with Gasteiger partial charge >= 0.3 is 0 Å². The van der Waals surface area contributed by atoms with Gasteiger partial charge in [-0.2, -0.15) is 10.2 Å². The Morgan fingerprint density at radius 1 is 1.38 bits per heavy atom. The van der Waals surface area contributed by atoms with Gasteiger partial charge in [-0.3, -0.25) is 14.7 Å². The van der Waals surface area contributed by atoms with Gasteiger partial charge < -0.3 is 5.32 Å². The summed E-state index contributed by atoms with van der Waals surface area (Å²) < 4.78 is 1.41. The highest BCUT2D eigenvalue weighted by Gasteiger charge is 2.13. The molecule has 0 saturated carbocycles. The molecule has 0 saturated heterocycles. The number of amides is 1. The molecule has 1 amide bonds. The summed E-state index contributed by atoms with van der Waals surface area (Å²) in [5.41, 5.74) is 1.94. The molecule has 0 spiro atoms. The molecule has 3 rings (SSSR count). The number of hydrogen-bond donors (Lipinski definition) is 2. The number of aryl methyl sites for hydroxylation is 2. The van der Waals surface area contributed by atoms with E-state index in [2.05, 4.69) is 25.6 Å². The van der Waals surface area contributed by atoms with E-state index in [-0.39, 0.29) is 17.3 Å². The lowest BCUT2D eigenvalue weighted by Gasteiger charge is -2.15. The lowest BCUT2D eigenvalue weighted by atomic mass is 9.97. The number of fused-ring (bicyclic) bond motifs is 1. The number of aromatic nitrogens is 5. The lowest BCUT2D eigenvalue weighted by Crippen LogP contribution is -2.33. The van der Waals surface area contributed by atoms with Crippen molar-refractivity contribution in [2.45, 2.75) is 32.2 Å². The summed E-state index contributed by atoms with van der Waals surface area (Å²) in [5.74, 6) is -0.195. The minimum absolute atomic E-state index is 0.121. The van der Waals surface area contributed by atoms with Crippen LogP contribution in [-0.2, 0) is 19.4 Å². The summed E-state index contributed by atoms with van der Waals surface area (Å²) >= 11 is 0. The standard InChI is InChI=1S/C13H16N6O2/c20-11-7-9-3-1-2-4-10(9)18-19(11)6-5-14-13(21)12-15-8-16-17-12/h7-8H,1-6H2,(H,14,21)(H,15,16,17). The first kappa shape index (κ1) is 13.5. The second-order valence-electron chi connectivity index (χ2n) is 4.97. The Balaban J connectivity index is 1.63. The third-order valence-electron chi connectivity index (χ3n) is 3.51. The summed E-state index contributed by atoms with van der Waals surface area (Å²) in [6.07, 6.45) is 5.34. The van der Waals surface area contributed by atoms with Gasteiger partial charge in [0.25, 0.3) is 11.5 Å². The summed E-state index contributed by atoms with van der Waals surface area (Å²) in [6, 6.07) is 1.67. The monoisotopic (exact) mass is 288 g/mol. The van der Waals surface area contributed by atoms with E-state index in [4.69, 9.17) is 0 Å². The van der Waals surface area contributed by atoms with Crippen LogP contribution >= 0.6 is 0 Å². The summed E-state index contributed by atoms with van der Waals surface area (Å²) in [4.78, 5) is 27.4. The van der Waals surface area contributed by atoms with Crippen LogP contribution in [0.4, 0.5) is 0 Å². The topological polar surface area (TPSA) is 106 Å². The number of carbonyl (C=O) groups excluding carboxylic acids is 1. The van der Waals surface area contributed by atoms with Gasteiger partial charge in [0, 0.05) is 12.6 Å². The van der Waals surface area contributed by atoms with Crippen LogP contribution in [0.3, 0.4) is 0 Å². The van der Waals surface area contributed by atoms with Crippen molar-refractivity contribution in [3.63, 3.8) is 0 Å². The van der Waals surface area contributed by atoms with E-state index < -0.39 is 0 Å². The van der Waals surface area contributed by atoms with Gasteiger partial charge in [0.1, 0.15) is 6.33 Å². The Bertz CT molecular complexity index is 691. The molecular weight excluding hydrogens is 272 g/mol. The van der Waals surface area contributed by atoms with Gasteiger partial charge in [0.05, 0.1) is 12.2 Å². The van der Waals surface area contributed by atoms with Gasteiger partial charge in [-0.15, -0.1) is 0 Å². The number of rotatable bonds is 4. The molecule has 0 aromatic carbocycles. The SMILES string of the molecule is O=C(NCCn1nc2c(cc1=O)CCCC2)c1ncn[nH]1. The van der Waals surface area contributed by atoms with Gasteiger partial charge in [-0.25, -0.2) is 9.67 Å². The predicted molar refractivity (Wildman–Crippen MR) is 73.9 cm³/mol. The molecule has 8 nitrogen and oxygen atoms in total. The largest absolute Gasteiger partial charge is 0.347 e. The molecule has 2 aromatic rings. The Kier molecular flexibility index (Phi) is 3.76. The second-order valence-corrected chi connectivity index (χ2v) is 4.97. The molecule has 0 bridgehead atoms. The van der Waals surface area contributed by atoms with Crippen LogP contribution in [-0.4, -0.2) is 37.4 Å². The predicted octanol–water partition coefficient (Wildman–Crippen LogP) is -0.330. The smallest absolute Gasteiger partial charge is 0.288 e. The van der Waals surface area contributed by atoms with Crippen LogP contribution in [0.25, 0.3) is 0 Å². The summed E-state index contributed by atoms with van der Waals surface area (Å²) in [6.45, 7) is 0.650. The van der Waals surface area contributed by atoms with Crippen molar-refractivity contribution in [2.75, 3.05) is 6.54 Å². The third kappa shape index (κ3) is 2.99. The molecule has 0 atom stereocenters. The maximum absolute atomic E-state index is 12.0. The molecule has 2 N–H and O–H groups in total. The van der Waals surface area contributed by atoms with Crippen molar-refractivity contribution >= 4 is 5.91 Å². The molecule has 2 heterocycles. The van der Waals surface area contributed by atoms with Crippen molar-refractivity contribution in [2.24, 2.45) is 0 Å². The number of hydrogen-bond acceptors (Lipinski definition) is 5. The normalized spacial score (nSPS) is 13.7. The first-order chi connectivity index (χ1) is 10.2. The molecule has 1 aliphatic carbocycles. The van der Waals surface area contributed by atoms with E-state index in [1.807, 2.05) is 0 Å². The Morgan fingerprint density at radius 2 is 2.24 bits per heavy atom. The van der Waals surface area contributed by atoms with Crippen LogP contribution < -0.4 is 10.9 Å². The molecule has 0 aliphatic heterocycles. The van der Waals surface area contributed by atoms with Crippen LogP contribution in [0.1, 0.15) is 34.7 Å². The molecule has 0 unspecified atom stereocenters. The molecule has 0 radical (unpaired) electrons. The molecule has 2 aromatic heterocycles. The van der Waals surface area contributed by atoms with E-state index in [9.17, 15) is 9.59 Å². The van der Waals surface area contributed by atoms with Crippen LogP contribution in [0.2, 0.25) is 0 Å². The highest BCUT2D eigenvalue weighted by Crippen LogP contribution is 2.16.